The molecule has 176 valence electrons. The summed E-state index contributed by atoms with van der Waals surface area (Å²) in [4.78, 5) is 6.87. The van der Waals surface area contributed by atoms with E-state index in [1.807, 2.05) is 12.1 Å². The molecule has 1 aromatic carbocycles. The molecule has 2 heterocycles. The number of hydrogen-bond donors (Lipinski definition) is 1. The van der Waals surface area contributed by atoms with Crippen LogP contribution >= 0.6 is 11.6 Å². The number of likely N-dealkylation sites (tertiary alicyclic amines) is 1. The van der Waals surface area contributed by atoms with Crippen LogP contribution in [0.4, 0.5) is 4.39 Å². The monoisotopic (exact) mass is 462 g/mol. The van der Waals surface area contributed by atoms with Gasteiger partial charge in [-0.25, -0.2) is 4.39 Å². The molecule has 32 heavy (non-hydrogen) atoms. The molecule has 1 atom stereocenters. The Morgan fingerprint density at radius 1 is 1.28 bits per heavy atom. The highest BCUT2D eigenvalue weighted by molar-refractivity contribution is 6.32. The van der Waals surface area contributed by atoms with Crippen LogP contribution in [0.15, 0.2) is 24.4 Å². The van der Waals surface area contributed by atoms with Crippen molar-refractivity contribution >= 4 is 22.5 Å². The number of nitrogens with zero attached hydrogens (tertiary/aromatic N) is 2. The van der Waals surface area contributed by atoms with Crippen LogP contribution in [0.25, 0.3) is 10.9 Å². The molecule has 0 radical (unpaired) electrons. The van der Waals surface area contributed by atoms with Gasteiger partial charge in [0.25, 0.3) is 0 Å². The zero-order chi connectivity index (χ0) is 22.6. The molecule has 2 fully saturated rings. The average molecular weight is 463 g/mol. The van der Waals surface area contributed by atoms with Gasteiger partial charge < -0.3 is 14.7 Å². The fourth-order valence-electron chi connectivity index (χ4n) is 5.59. The van der Waals surface area contributed by atoms with E-state index in [-0.39, 0.29) is 12.0 Å². The number of rotatable bonds is 9. The van der Waals surface area contributed by atoms with Gasteiger partial charge in [-0.3, -0.25) is 4.98 Å². The number of benzene rings is 1. The molecule has 4 nitrogen and oxygen atoms in total. The Morgan fingerprint density at radius 2 is 2.03 bits per heavy atom. The summed E-state index contributed by atoms with van der Waals surface area (Å²) in [6, 6.07) is 5.46. The maximum atomic E-state index is 15.5. The Hall–Kier alpha value is -1.43. The van der Waals surface area contributed by atoms with Crippen LogP contribution in [0.3, 0.4) is 0 Å². The summed E-state index contributed by atoms with van der Waals surface area (Å²) in [6.07, 6.45) is 10.1. The van der Waals surface area contributed by atoms with Crippen molar-refractivity contribution in [1.29, 1.82) is 0 Å². The summed E-state index contributed by atoms with van der Waals surface area (Å²) >= 11 is 6.39. The largest absolute Gasteiger partial charge is 0.497 e. The Bertz CT molecular complexity index is 895. The number of aliphatic hydroxyl groups is 1. The Kier molecular flexibility index (Phi) is 7.91. The number of alkyl halides is 1. The summed E-state index contributed by atoms with van der Waals surface area (Å²) in [5.41, 5.74) is 0.999. The number of hydrogen-bond acceptors (Lipinski definition) is 4. The van der Waals surface area contributed by atoms with Crippen LogP contribution in [0, 0.1) is 11.3 Å². The van der Waals surface area contributed by atoms with Gasteiger partial charge in [0.05, 0.1) is 17.6 Å². The Labute approximate surface area is 196 Å². The van der Waals surface area contributed by atoms with Crippen molar-refractivity contribution in [2.24, 2.45) is 11.3 Å². The molecule has 1 saturated heterocycles. The van der Waals surface area contributed by atoms with Crippen molar-refractivity contribution in [1.82, 2.24) is 9.88 Å². The van der Waals surface area contributed by atoms with Crippen LogP contribution in [0.5, 0.6) is 5.75 Å². The summed E-state index contributed by atoms with van der Waals surface area (Å²) in [6.45, 7) is 3.29. The third kappa shape index (κ3) is 5.37. The van der Waals surface area contributed by atoms with Crippen LogP contribution in [0.2, 0.25) is 5.02 Å². The number of ether oxygens (including phenoxy) is 1. The predicted molar refractivity (Wildman–Crippen MR) is 128 cm³/mol. The van der Waals surface area contributed by atoms with Crippen molar-refractivity contribution < 1.29 is 14.2 Å². The first-order chi connectivity index (χ1) is 15.5. The highest BCUT2D eigenvalue weighted by Gasteiger charge is 2.35. The fourth-order valence-corrected chi connectivity index (χ4v) is 5.86. The van der Waals surface area contributed by atoms with Crippen LogP contribution in [-0.2, 0) is 0 Å². The smallest absolute Gasteiger partial charge is 0.127 e. The second-order valence-corrected chi connectivity index (χ2v) is 10.3. The second-order valence-electron chi connectivity index (χ2n) is 9.85. The number of fused-ring (bicyclic) bond motifs is 1. The van der Waals surface area contributed by atoms with E-state index >= 15 is 4.39 Å². The average Bonchev–Trinajstić information content (AvgIpc) is 3.35. The van der Waals surface area contributed by atoms with E-state index in [9.17, 15) is 5.11 Å². The Morgan fingerprint density at radius 3 is 2.72 bits per heavy atom. The molecule has 1 N–H and O–H groups in total. The summed E-state index contributed by atoms with van der Waals surface area (Å²) in [5, 5.41) is 11.3. The van der Waals surface area contributed by atoms with E-state index < -0.39 is 6.17 Å². The van der Waals surface area contributed by atoms with Crippen molar-refractivity contribution in [2.75, 3.05) is 33.4 Å². The lowest BCUT2D eigenvalue weighted by molar-refractivity contribution is 0.0287. The summed E-state index contributed by atoms with van der Waals surface area (Å²) < 4.78 is 20.9. The standard InChI is InChI=1S/C26H36ClFN2O2/c1-32-20-6-7-24-21(16-20)25(22(27)17-29-24)23(28)8-10-26(18-31)11-14-30(15-12-26)13-9-19-4-2-3-5-19/h6-7,16-17,19,23,31H,2-5,8-15,18H2,1H3. The molecule has 0 amide bonds. The molecule has 1 unspecified atom stereocenters. The van der Waals surface area contributed by atoms with Gasteiger partial charge in [-0.1, -0.05) is 37.3 Å². The quantitative estimate of drug-likeness (QED) is 0.472. The molecule has 1 aliphatic carbocycles. The molecule has 0 bridgehead atoms. The Balaban J connectivity index is 1.37. The van der Waals surface area contributed by atoms with Crippen molar-refractivity contribution in [2.45, 2.75) is 64.0 Å². The van der Waals surface area contributed by atoms with Crippen molar-refractivity contribution in [3.63, 3.8) is 0 Å². The van der Waals surface area contributed by atoms with Crippen molar-refractivity contribution in [3.8, 4) is 5.75 Å². The van der Waals surface area contributed by atoms with Gasteiger partial charge in [0.2, 0.25) is 0 Å². The molecule has 1 aromatic heterocycles. The van der Waals surface area contributed by atoms with Crippen LogP contribution in [-0.4, -0.2) is 48.3 Å². The van der Waals surface area contributed by atoms with Gasteiger partial charge in [-0.05, 0) is 81.3 Å². The summed E-state index contributed by atoms with van der Waals surface area (Å²) in [7, 11) is 1.59. The zero-order valence-electron chi connectivity index (χ0n) is 19.2. The first kappa shape index (κ1) is 23.7. The van der Waals surface area contributed by atoms with Gasteiger partial charge >= 0.3 is 0 Å². The van der Waals surface area contributed by atoms with E-state index in [0.29, 0.717) is 40.1 Å². The summed E-state index contributed by atoms with van der Waals surface area (Å²) in [5.74, 6) is 1.57. The SMILES string of the molecule is COc1ccc2ncc(Cl)c(C(F)CCC3(CO)CCN(CCC4CCCC4)CC3)c2c1. The third-order valence-corrected chi connectivity index (χ3v) is 8.19. The number of piperidine rings is 1. The number of halogens is 2. The minimum Gasteiger partial charge on any atom is -0.497 e. The molecule has 6 heteroatoms. The highest BCUT2D eigenvalue weighted by Crippen LogP contribution is 2.42. The number of methoxy groups -OCH3 is 1. The topological polar surface area (TPSA) is 45.6 Å². The van der Waals surface area contributed by atoms with Gasteiger partial charge in [0.1, 0.15) is 11.9 Å². The lowest BCUT2D eigenvalue weighted by Crippen LogP contribution is -2.42. The maximum Gasteiger partial charge on any atom is 0.127 e. The van der Waals surface area contributed by atoms with Crippen LogP contribution < -0.4 is 4.74 Å². The molecule has 1 aliphatic heterocycles. The normalized spacial score (nSPS) is 20.6. The third-order valence-electron chi connectivity index (χ3n) is 7.89. The van der Waals surface area contributed by atoms with Crippen molar-refractivity contribution in [3.05, 3.63) is 35.0 Å². The fraction of sp³-hybridized carbons (Fsp3) is 0.654. The minimum absolute atomic E-state index is 0.120. The van der Waals surface area contributed by atoms with E-state index in [4.69, 9.17) is 16.3 Å². The minimum atomic E-state index is -1.20. The second kappa shape index (κ2) is 10.7. The number of aliphatic hydroxyl groups excluding tert-OH is 1. The number of pyridine rings is 1. The lowest BCUT2D eigenvalue weighted by atomic mass is 9.74. The number of aromatic nitrogens is 1. The van der Waals surface area contributed by atoms with Crippen LogP contribution in [0.1, 0.15) is 69.5 Å². The molecule has 2 aliphatic rings. The molecule has 1 saturated carbocycles. The molecular weight excluding hydrogens is 427 g/mol. The lowest BCUT2D eigenvalue weighted by Gasteiger charge is -2.41. The predicted octanol–water partition coefficient (Wildman–Crippen LogP) is 6.34. The van der Waals surface area contributed by atoms with E-state index in [1.165, 1.54) is 44.8 Å². The highest BCUT2D eigenvalue weighted by atomic mass is 35.5. The van der Waals surface area contributed by atoms with E-state index in [0.717, 1.165) is 31.8 Å². The maximum absolute atomic E-state index is 15.5. The first-order valence-corrected chi connectivity index (χ1v) is 12.5. The zero-order valence-corrected chi connectivity index (χ0v) is 19.9. The van der Waals surface area contributed by atoms with Gasteiger partial charge in [0, 0.05) is 23.8 Å². The molecule has 2 aromatic rings. The molecule has 4 rings (SSSR count). The molecular formula is C26H36ClFN2O2. The van der Waals surface area contributed by atoms with E-state index in [1.54, 1.807) is 13.2 Å². The molecule has 0 spiro atoms. The van der Waals surface area contributed by atoms with Gasteiger partial charge in [0.15, 0.2) is 0 Å². The van der Waals surface area contributed by atoms with Gasteiger partial charge in [-0.2, -0.15) is 0 Å². The van der Waals surface area contributed by atoms with E-state index in [2.05, 4.69) is 9.88 Å². The first-order valence-electron chi connectivity index (χ1n) is 12.1. The van der Waals surface area contributed by atoms with Gasteiger partial charge in [-0.15, -0.1) is 0 Å².